The number of hydrogen-bond donors (Lipinski definition) is 0. The molecule has 0 spiro atoms. The number of benzene rings is 2. The van der Waals surface area contributed by atoms with Crippen molar-refractivity contribution in [3.8, 4) is 0 Å². The molecule has 2 rings (SSSR count). The van der Waals surface area contributed by atoms with Crippen molar-refractivity contribution < 1.29 is 38.1 Å². The van der Waals surface area contributed by atoms with Crippen LogP contribution in [0.5, 0.6) is 0 Å². The number of esters is 4. The van der Waals surface area contributed by atoms with Gasteiger partial charge in [-0.25, -0.2) is 0 Å². The van der Waals surface area contributed by atoms with Crippen molar-refractivity contribution in [1.82, 2.24) is 0 Å². The van der Waals surface area contributed by atoms with Gasteiger partial charge in [0.2, 0.25) is 13.6 Å². The minimum absolute atomic E-state index is 0.143. The Kier molecular flexibility index (Phi) is 14.8. The topological polar surface area (TPSA) is 105 Å². The quantitative estimate of drug-likeness (QED) is 0.155. The van der Waals surface area contributed by atoms with Crippen LogP contribution >= 0.6 is 0 Å². The molecular weight excluding hydrogens is 476 g/mol. The van der Waals surface area contributed by atoms with Crippen LogP contribution in [-0.2, 0) is 51.0 Å². The fourth-order valence-corrected chi connectivity index (χ4v) is 3.52. The average Bonchev–Trinajstić information content (AvgIpc) is 2.89. The Bertz CT molecular complexity index is 865. The van der Waals surface area contributed by atoms with Gasteiger partial charge in [-0.15, -0.1) is 0 Å². The molecule has 0 saturated carbocycles. The normalized spacial score (nSPS) is 10.4. The summed E-state index contributed by atoms with van der Waals surface area (Å²) in [6.45, 7) is -0.716. The van der Waals surface area contributed by atoms with E-state index in [4.69, 9.17) is 18.9 Å². The van der Waals surface area contributed by atoms with E-state index in [9.17, 15) is 19.2 Å². The monoisotopic (exact) mass is 512 g/mol. The molecule has 0 bridgehead atoms. The predicted octanol–water partition coefficient (Wildman–Crippen LogP) is 5.07. The van der Waals surface area contributed by atoms with Gasteiger partial charge in [0.05, 0.1) is 12.8 Å². The molecule has 8 nitrogen and oxygen atoms in total. The second-order valence-corrected chi connectivity index (χ2v) is 8.60. The fraction of sp³-hybridized carbons (Fsp3) is 0.448. The third kappa shape index (κ3) is 15.1. The van der Waals surface area contributed by atoms with Crippen LogP contribution in [0.25, 0.3) is 0 Å². The summed E-state index contributed by atoms with van der Waals surface area (Å²) in [5.41, 5.74) is 1.69. The zero-order valence-electron chi connectivity index (χ0n) is 21.2. The Morgan fingerprint density at radius 1 is 0.432 bits per heavy atom. The molecule has 200 valence electrons. The summed E-state index contributed by atoms with van der Waals surface area (Å²) in [4.78, 5) is 46.9. The highest BCUT2D eigenvalue weighted by molar-refractivity contribution is 5.73. The first-order valence-corrected chi connectivity index (χ1v) is 12.7. The molecular formula is C29H36O8. The summed E-state index contributed by atoms with van der Waals surface area (Å²) < 4.78 is 19.8. The van der Waals surface area contributed by atoms with Crippen LogP contribution < -0.4 is 0 Å². The molecule has 0 saturated heterocycles. The summed E-state index contributed by atoms with van der Waals surface area (Å²) in [6.07, 6.45) is 7.09. The van der Waals surface area contributed by atoms with Crippen LogP contribution in [0, 0.1) is 0 Å². The Hall–Kier alpha value is -3.68. The second kappa shape index (κ2) is 18.6. The van der Waals surface area contributed by atoms with Gasteiger partial charge in [0, 0.05) is 12.8 Å². The third-order valence-electron chi connectivity index (χ3n) is 5.52. The van der Waals surface area contributed by atoms with Crippen molar-refractivity contribution in [2.45, 2.75) is 70.6 Å². The Morgan fingerprint density at radius 2 is 0.757 bits per heavy atom. The highest BCUT2D eigenvalue weighted by atomic mass is 16.7. The molecule has 37 heavy (non-hydrogen) atoms. The minimum atomic E-state index is -0.436. The molecule has 0 aliphatic carbocycles. The molecule has 0 aliphatic rings. The van der Waals surface area contributed by atoms with Gasteiger partial charge in [-0.3, -0.25) is 19.2 Å². The van der Waals surface area contributed by atoms with E-state index in [0.29, 0.717) is 12.8 Å². The van der Waals surface area contributed by atoms with Gasteiger partial charge in [-0.05, 0) is 24.0 Å². The SMILES string of the molecule is O=C(CCCCCCCCCC(=O)OCOC(=O)Cc1ccccc1)OCOC(=O)Cc1ccccc1. The van der Waals surface area contributed by atoms with Crippen molar-refractivity contribution in [1.29, 1.82) is 0 Å². The van der Waals surface area contributed by atoms with E-state index < -0.39 is 11.9 Å². The van der Waals surface area contributed by atoms with Crippen molar-refractivity contribution in [2.75, 3.05) is 13.6 Å². The molecule has 0 unspecified atom stereocenters. The number of carbonyl (C=O) groups is 4. The maximum absolute atomic E-state index is 11.7. The predicted molar refractivity (Wildman–Crippen MR) is 136 cm³/mol. The summed E-state index contributed by atoms with van der Waals surface area (Å²) >= 11 is 0. The smallest absolute Gasteiger partial charge is 0.313 e. The first-order valence-electron chi connectivity index (χ1n) is 12.7. The summed E-state index contributed by atoms with van der Waals surface area (Å²) in [7, 11) is 0. The van der Waals surface area contributed by atoms with Gasteiger partial charge in [-0.1, -0.05) is 92.8 Å². The van der Waals surface area contributed by atoms with Crippen molar-refractivity contribution in [2.24, 2.45) is 0 Å². The fourth-order valence-electron chi connectivity index (χ4n) is 3.52. The Morgan fingerprint density at radius 3 is 1.14 bits per heavy atom. The Balaban J connectivity index is 1.34. The first-order chi connectivity index (χ1) is 18.0. The first kappa shape index (κ1) is 29.5. The number of unbranched alkanes of at least 4 members (excludes halogenated alkanes) is 6. The van der Waals surface area contributed by atoms with Crippen molar-refractivity contribution in [3.05, 3.63) is 71.8 Å². The standard InChI is InChI=1S/C29H36O8/c30-26(34-22-36-28(32)20-24-14-8-6-9-15-24)18-12-4-2-1-3-5-13-19-27(31)35-23-37-29(33)21-25-16-10-7-11-17-25/h6-11,14-17H,1-5,12-13,18-23H2. The van der Waals surface area contributed by atoms with Crippen LogP contribution in [0.3, 0.4) is 0 Å². The largest absolute Gasteiger partial charge is 0.428 e. The molecule has 0 radical (unpaired) electrons. The van der Waals surface area contributed by atoms with Crippen LogP contribution in [-0.4, -0.2) is 37.5 Å². The number of rotatable bonds is 18. The number of carbonyl (C=O) groups excluding carboxylic acids is 4. The third-order valence-corrected chi connectivity index (χ3v) is 5.52. The van der Waals surface area contributed by atoms with E-state index in [0.717, 1.165) is 43.2 Å². The molecule has 0 fully saturated rings. The highest BCUT2D eigenvalue weighted by Crippen LogP contribution is 2.11. The number of hydrogen-bond acceptors (Lipinski definition) is 8. The van der Waals surface area contributed by atoms with Gasteiger partial charge >= 0.3 is 23.9 Å². The average molecular weight is 513 g/mol. The molecule has 0 amide bonds. The minimum Gasteiger partial charge on any atom is -0.428 e. The van der Waals surface area contributed by atoms with E-state index in [1.54, 1.807) is 0 Å². The van der Waals surface area contributed by atoms with Gasteiger partial charge in [-0.2, -0.15) is 0 Å². The molecule has 0 aromatic heterocycles. The van der Waals surface area contributed by atoms with Crippen LogP contribution in [0.15, 0.2) is 60.7 Å². The summed E-state index contributed by atoms with van der Waals surface area (Å²) in [5, 5.41) is 0. The molecule has 8 heteroatoms. The van der Waals surface area contributed by atoms with E-state index in [2.05, 4.69) is 0 Å². The van der Waals surface area contributed by atoms with Crippen molar-refractivity contribution in [3.63, 3.8) is 0 Å². The van der Waals surface area contributed by atoms with Crippen LogP contribution in [0.4, 0.5) is 0 Å². The maximum Gasteiger partial charge on any atom is 0.313 e. The Labute approximate surface area is 218 Å². The van der Waals surface area contributed by atoms with E-state index in [1.165, 1.54) is 0 Å². The zero-order valence-corrected chi connectivity index (χ0v) is 21.2. The molecule has 0 N–H and O–H groups in total. The lowest BCUT2D eigenvalue weighted by molar-refractivity contribution is -0.168. The van der Waals surface area contributed by atoms with E-state index in [-0.39, 0.29) is 51.2 Å². The second-order valence-electron chi connectivity index (χ2n) is 8.60. The molecule has 0 heterocycles. The van der Waals surface area contributed by atoms with Gasteiger partial charge < -0.3 is 18.9 Å². The lowest BCUT2D eigenvalue weighted by Crippen LogP contribution is -2.14. The zero-order chi connectivity index (χ0) is 26.6. The van der Waals surface area contributed by atoms with Gasteiger partial charge in [0.25, 0.3) is 0 Å². The highest BCUT2D eigenvalue weighted by Gasteiger charge is 2.09. The molecule has 0 atom stereocenters. The van der Waals surface area contributed by atoms with Crippen LogP contribution in [0.1, 0.15) is 68.9 Å². The molecule has 0 aliphatic heterocycles. The lowest BCUT2D eigenvalue weighted by Gasteiger charge is -2.07. The van der Waals surface area contributed by atoms with Gasteiger partial charge in [0.1, 0.15) is 0 Å². The van der Waals surface area contributed by atoms with E-state index >= 15 is 0 Å². The molecule has 2 aromatic carbocycles. The van der Waals surface area contributed by atoms with Crippen molar-refractivity contribution >= 4 is 23.9 Å². The molecule has 2 aromatic rings. The van der Waals surface area contributed by atoms with Crippen LogP contribution in [0.2, 0.25) is 0 Å². The summed E-state index contributed by atoms with van der Waals surface area (Å²) in [6, 6.07) is 18.4. The summed E-state index contributed by atoms with van der Waals surface area (Å²) in [5.74, 6) is -1.63. The van der Waals surface area contributed by atoms with E-state index in [1.807, 2.05) is 60.7 Å². The van der Waals surface area contributed by atoms with Gasteiger partial charge in [0.15, 0.2) is 0 Å². The maximum atomic E-state index is 11.7. The number of ether oxygens (including phenoxy) is 4. The lowest BCUT2D eigenvalue weighted by atomic mass is 10.1.